The van der Waals surface area contributed by atoms with Crippen LogP contribution in [-0.4, -0.2) is 16.6 Å². The van der Waals surface area contributed by atoms with Gasteiger partial charge in [-0.25, -0.2) is 0 Å². The summed E-state index contributed by atoms with van der Waals surface area (Å²) in [6.07, 6.45) is 11.2. The third-order valence-corrected chi connectivity index (χ3v) is 4.04. The summed E-state index contributed by atoms with van der Waals surface area (Å²) in [6.45, 7) is 3.25. The molecule has 2 atom stereocenters. The molecule has 1 fully saturated rings. The van der Waals surface area contributed by atoms with Crippen molar-refractivity contribution in [3.63, 3.8) is 0 Å². The van der Waals surface area contributed by atoms with E-state index in [0.717, 1.165) is 10.5 Å². The van der Waals surface area contributed by atoms with E-state index in [0.29, 0.717) is 6.10 Å². The van der Waals surface area contributed by atoms with Crippen LogP contribution >= 0.6 is 22.6 Å². The van der Waals surface area contributed by atoms with Gasteiger partial charge in [-0.3, -0.25) is 0 Å². The number of ether oxygens (including phenoxy) is 1. The fraction of sp³-hybridized carbons (Fsp3) is 1.00. The first kappa shape index (κ1) is 12.8. The van der Waals surface area contributed by atoms with Crippen LogP contribution in [0.15, 0.2) is 0 Å². The zero-order chi connectivity index (χ0) is 10.2. The first-order chi connectivity index (χ1) is 6.83. The average molecular weight is 310 g/mol. The smallest absolute Gasteiger partial charge is 0.0585 e. The van der Waals surface area contributed by atoms with Gasteiger partial charge in [-0.1, -0.05) is 48.8 Å². The van der Waals surface area contributed by atoms with Crippen molar-refractivity contribution in [2.24, 2.45) is 0 Å². The molecule has 1 aliphatic carbocycles. The fourth-order valence-corrected chi connectivity index (χ4v) is 3.03. The minimum atomic E-state index is 0.576. The molecule has 0 aromatic rings. The van der Waals surface area contributed by atoms with E-state index in [9.17, 15) is 0 Å². The van der Waals surface area contributed by atoms with E-state index < -0.39 is 0 Å². The molecule has 84 valence electrons. The van der Waals surface area contributed by atoms with E-state index >= 15 is 0 Å². The topological polar surface area (TPSA) is 9.23 Å². The molecule has 14 heavy (non-hydrogen) atoms. The van der Waals surface area contributed by atoms with Gasteiger partial charge in [-0.15, -0.1) is 0 Å². The lowest BCUT2D eigenvalue weighted by Crippen LogP contribution is -2.23. The van der Waals surface area contributed by atoms with E-state index in [4.69, 9.17) is 4.74 Å². The molecular formula is C12H23IO. The molecule has 1 aliphatic rings. The number of halogens is 1. The predicted molar refractivity (Wildman–Crippen MR) is 70.2 cm³/mol. The van der Waals surface area contributed by atoms with Crippen molar-refractivity contribution >= 4 is 22.6 Å². The van der Waals surface area contributed by atoms with Crippen LogP contribution in [0.1, 0.15) is 58.3 Å². The molecule has 1 rings (SSSR count). The molecule has 2 heteroatoms. The average Bonchev–Trinajstić information content (AvgIpc) is 2.18. The van der Waals surface area contributed by atoms with Crippen LogP contribution in [0.25, 0.3) is 0 Å². The van der Waals surface area contributed by atoms with Gasteiger partial charge in [0.05, 0.1) is 6.10 Å². The van der Waals surface area contributed by atoms with Crippen molar-refractivity contribution in [3.8, 4) is 0 Å². The van der Waals surface area contributed by atoms with Crippen molar-refractivity contribution < 1.29 is 4.74 Å². The quantitative estimate of drug-likeness (QED) is 0.403. The summed E-state index contributed by atoms with van der Waals surface area (Å²) in [5.41, 5.74) is 0. The molecule has 0 saturated heterocycles. The maximum Gasteiger partial charge on any atom is 0.0585 e. The van der Waals surface area contributed by atoms with Crippen molar-refractivity contribution in [3.05, 3.63) is 0 Å². The van der Waals surface area contributed by atoms with Crippen molar-refractivity contribution in [2.75, 3.05) is 6.61 Å². The fourth-order valence-electron chi connectivity index (χ4n) is 2.02. The molecule has 1 saturated carbocycles. The van der Waals surface area contributed by atoms with Gasteiger partial charge in [0.2, 0.25) is 0 Å². The molecule has 0 unspecified atom stereocenters. The highest BCUT2D eigenvalue weighted by molar-refractivity contribution is 14.1. The molecule has 0 aromatic heterocycles. The zero-order valence-electron chi connectivity index (χ0n) is 9.30. The Balaban J connectivity index is 1.95. The Morgan fingerprint density at radius 3 is 2.79 bits per heavy atom. The van der Waals surface area contributed by atoms with E-state index in [1.54, 1.807) is 0 Å². The third kappa shape index (κ3) is 5.54. The molecule has 1 nitrogen and oxygen atoms in total. The molecule has 0 bridgehead atoms. The molecular weight excluding hydrogens is 287 g/mol. The second kappa shape index (κ2) is 7.91. The lowest BCUT2D eigenvalue weighted by atomic mass is 9.98. The summed E-state index contributed by atoms with van der Waals surface area (Å²) in [5.74, 6) is 0. The van der Waals surface area contributed by atoms with Gasteiger partial charge in [0.15, 0.2) is 0 Å². The summed E-state index contributed by atoms with van der Waals surface area (Å²) in [4.78, 5) is 0. The number of unbranched alkanes of at least 4 members (excludes halogenated alkanes) is 3. The zero-order valence-corrected chi connectivity index (χ0v) is 11.5. The number of hydrogen-bond acceptors (Lipinski definition) is 1. The first-order valence-corrected chi connectivity index (χ1v) is 7.33. The van der Waals surface area contributed by atoms with E-state index in [2.05, 4.69) is 29.5 Å². The summed E-state index contributed by atoms with van der Waals surface area (Å²) in [6, 6.07) is 0. The second-order valence-corrected chi connectivity index (χ2v) is 6.08. The molecule has 0 radical (unpaired) electrons. The van der Waals surface area contributed by atoms with Crippen molar-refractivity contribution in [1.82, 2.24) is 0 Å². The van der Waals surface area contributed by atoms with Crippen LogP contribution in [0.3, 0.4) is 0 Å². The Morgan fingerprint density at radius 1 is 1.21 bits per heavy atom. The van der Waals surface area contributed by atoms with E-state index in [-0.39, 0.29) is 0 Å². The Hall–Kier alpha value is 0.690. The predicted octanol–water partition coefficient (Wildman–Crippen LogP) is 4.33. The Morgan fingerprint density at radius 2 is 2.07 bits per heavy atom. The Kier molecular flexibility index (Phi) is 7.21. The van der Waals surface area contributed by atoms with Crippen LogP contribution in [0.2, 0.25) is 0 Å². The first-order valence-electron chi connectivity index (χ1n) is 6.08. The molecule has 0 heterocycles. The summed E-state index contributed by atoms with van der Waals surface area (Å²) >= 11 is 2.57. The van der Waals surface area contributed by atoms with Gasteiger partial charge in [0, 0.05) is 10.5 Å². The highest BCUT2D eigenvalue weighted by atomic mass is 127. The van der Waals surface area contributed by atoms with Crippen LogP contribution < -0.4 is 0 Å². The van der Waals surface area contributed by atoms with E-state index in [1.807, 2.05) is 0 Å². The lowest BCUT2D eigenvalue weighted by molar-refractivity contribution is 0.0291. The van der Waals surface area contributed by atoms with Crippen LogP contribution in [0.5, 0.6) is 0 Å². The molecule has 0 N–H and O–H groups in total. The Labute approximate surface area is 102 Å². The molecule has 0 aliphatic heterocycles. The number of hydrogen-bond donors (Lipinski definition) is 0. The largest absolute Gasteiger partial charge is 0.378 e. The minimum absolute atomic E-state index is 0.576. The van der Waals surface area contributed by atoms with Gasteiger partial charge >= 0.3 is 0 Å². The highest BCUT2D eigenvalue weighted by Gasteiger charge is 2.19. The normalized spacial score (nSPS) is 27.9. The van der Waals surface area contributed by atoms with E-state index in [1.165, 1.54) is 51.4 Å². The summed E-state index contributed by atoms with van der Waals surface area (Å²) in [5, 5.41) is 0. The summed E-state index contributed by atoms with van der Waals surface area (Å²) in [7, 11) is 0. The molecule has 0 aromatic carbocycles. The highest BCUT2D eigenvalue weighted by Crippen LogP contribution is 2.26. The van der Waals surface area contributed by atoms with Crippen LogP contribution in [0, 0.1) is 0 Å². The monoisotopic (exact) mass is 310 g/mol. The third-order valence-electron chi connectivity index (χ3n) is 2.91. The van der Waals surface area contributed by atoms with Crippen molar-refractivity contribution in [2.45, 2.75) is 68.3 Å². The maximum absolute atomic E-state index is 5.90. The van der Waals surface area contributed by atoms with Crippen molar-refractivity contribution in [1.29, 1.82) is 0 Å². The van der Waals surface area contributed by atoms with Gasteiger partial charge in [0.1, 0.15) is 0 Å². The Bertz CT molecular complexity index is 138. The molecule has 0 amide bonds. The number of alkyl halides is 1. The lowest BCUT2D eigenvalue weighted by Gasteiger charge is -2.25. The van der Waals surface area contributed by atoms with Gasteiger partial charge in [-0.05, 0) is 32.1 Å². The standard InChI is InChI=1S/C12H23IO/c1-2-3-4-5-9-14-12-8-6-7-11(13)10-12/h11-12H,2-10H2,1H3/t11-,12-/m1/s1. The minimum Gasteiger partial charge on any atom is -0.378 e. The van der Waals surface area contributed by atoms with Crippen LogP contribution in [0.4, 0.5) is 0 Å². The van der Waals surface area contributed by atoms with Gasteiger partial charge in [-0.2, -0.15) is 0 Å². The van der Waals surface area contributed by atoms with Gasteiger partial charge in [0.25, 0.3) is 0 Å². The number of rotatable bonds is 6. The summed E-state index contributed by atoms with van der Waals surface area (Å²) < 4.78 is 6.76. The SMILES string of the molecule is CCCCCCO[C@@H]1CCC[C@@H](I)C1. The molecule has 0 spiro atoms. The van der Waals surface area contributed by atoms with Crippen LogP contribution in [-0.2, 0) is 4.74 Å². The maximum atomic E-state index is 5.90. The van der Waals surface area contributed by atoms with Gasteiger partial charge < -0.3 is 4.74 Å². The second-order valence-electron chi connectivity index (χ2n) is 4.32.